The highest BCUT2D eigenvalue weighted by molar-refractivity contribution is 7.14. The van der Waals surface area contributed by atoms with Gasteiger partial charge in [-0.05, 0) is 30.9 Å². The van der Waals surface area contributed by atoms with Crippen molar-refractivity contribution in [3.63, 3.8) is 0 Å². The van der Waals surface area contributed by atoms with Crippen LogP contribution in [0.25, 0.3) is 0 Å². The monoisotopic (exact) mass is 262 g/mol. The number of carbonyl (C=O) groups is 1. The molecule has 1 aliphatic carbocycles. The van der Waals surface area contributed by atoms with Crippen LogP contribution in [-0.4, -0.2) is 18.5 Å². The van der Waals surface area contributed by atoms with Crippen molar-refractivity contribution in [3.8, 4) is 11.8 Å². The van der Waals surface area contributed by atoms with E-state index in [1.165, 1.54) is 11.3 Å². The van der Waals surface area contributed by atoms with Gasteiger partial charge in [-0.3, -0.25) is 4.79 Å². The van der Waals surface area contributed by atoms with E-state index in [0.29, 0.717) is 18.5 Å². The Morgan fingerprint density at radius 1 is 1.67 bits per heavy atom. The number of nitrogens with two attached hydrogens (primary N) is 1. The molecule has 0 spiro atoms. The Morgan fingerprint density at radius 2 is 2.44 bits per heavy atom. The zero-order valence-electron chi connectivity index (χ0n) is 10.7. The van der Waals surface area contributed by atoms with Crippen molar-refractivity contribution < 1.29 is 4.79 Å². The Hall–Kier alpha value is -1.31. The summed E-state index contributed by atoms with van der Waals surface area (Å²) < 4.78 is 0. The smallest absolute Gasteiger partial charge is 0.261 e. The van der Waals surface area contributed by atoms with Crippen molar-refractivity contribution in [2.24, 2.45) is 11.7 Å². The molecule has 1 fully saturated rings. The molecular formula is C14H18N2OS. The average molecular weight is 262 g/mol. The molecule has 0 saturated heterocycles. The number of amides is 1. The van der Waals surface area contributed by atoms with Gasteiger partial charge in [0.25, 0.3) is 5.91 Å². The van der Waals surface area contributed by atoms with Gasteiger partial charge in [0.2, 0.25) is 0 Å². The summed E-state index contributed by atoms with van der Waals surface area (Å²) >= 11 is 1.44. The fourth-order valence-electron chi connectivity index (χ4n) is 1.96. The molecule has 1 saturated carbocycles. The highest BCUT2D eigenvalue weighted by atomic mass is 32.1. The zero-order valence-corrected chi connectivity index (χ0v) is 11.6. The Labute approximate surface area is 112 Å². The first-order chi connectivity index (χ1) is 8.65. The zero-order chi connectivity index (χ0) is 13.1. The Morgan fingerprint density at radius 3 is 3.06 bits per heavy atom. The van der Waals surface area contributed by atoms with E-state index in [-0.39, 0.29) is 5.91 Å². The van der Waals surface area contributed by atoms with Crippen molar-refractivity contribution in [1.29, 1.82) is 0 Å². The van der Waals surface area contributed by atoms with Gasteiger partial charge in [-0.25, -0.2) is 0 Å². The van der Waals surface area contributed by atoms with Crippen LogP contribution in [0.4, 0.5) is 0 Å². The second-order valence-corrected chi connectivity index (χ2v) is 5.66. The van der Waals surface area contributed by atoms with E-state index in [1.54, 1.807) is 0 Å². The lowest BCUT2D eigenvalue weighted by Crippen LogP contribution is -2.25. The maximum Gasteiger partial charge on any atom is 0.261 e. The number of carbonyl (C=O) groups excluding carboxylic acids is 1. The number of nitrogens with one attached hydrogen (secondary N) is 1. The highest BCUT2D eigenvalue weighted by Gasteiger charge is 2.36. The van der Waals surface area contributed by atoms with Gasteiger partial charge >= 0.3 is 0 Å². The van der Waals surface area contributed by atoms with E-state index >= 15 is 0 Å². The lowest BCUT2D eigenvalue weighted by molar-refractivity contribution is 0.0953. The van der Waals surface area contributed by atoms with Crippen molar-refractivity contribution in [2.75, 3.05) is 6.54 Å². The second kappa shape index (κ2) is 5.55. The van der Waals surface area contributed by atoms with Gasteiger partial charge in [0.05, 0.1) is 16.3 Å². The van der Waals surface area contributed by atoms with Crippen molar-refractivity contribution in [2.45, 2.75) is 32.7 Å². The van der Waals surface area contributed by atoms with Crippen LogP contribution >= 0.6 is 11.3 Å². The van der Waals surface area contributed by atoms with Gasteiger partial charge in [-0.1, -0.05) is 25.2 Å². The van der Waals surface area contributed by atoms with E-state index in [2.05, 4.69) is 24.1 Å². The lowest BCUT2D eigenvalue weighted by atomic mass is 10.2. The van der Waals surface area contributed by atoms with Crippen LogP contribution in [0.15, 0.2) is 6.07 Å². The maximum absolute atomic E-state index is 12.0. The van der Waals surface area contributed by atoms with E-state index in [1.807, 2.05) is 13.0 Å². The summed E-state index contributed by atoms with van der Waals surface area (Å²) in [5.74, 6) is 6.53. The largest absolute Gasteiger partial charge is 0.348 e. The maximum atomic E-state index is 12.0. The average Bonchev–Trinajstić information content (AvgIpc) is 3.00. The van der Waals surface area contributed by atoms with E-state index < -0.39 is 0 Å². The minimum Gasteiger partial charge on any atom is -0.348 e. The first-order valence-corrected chi connectivity index (χ1v) is 7.07. The van der Waals surface area contributed by atoms with Gasteiger partial charge in [0.1, 0.15) is 0 Å². The summed E-state index contributed by atoms with van der Waals surface area (Å²) in [6.45, 7) is 4.48. The van der Waals surface area contributed by atoms with Crippen LogP contribution in [0.2, 0.25) is 0 Å². The number of hydrogen-bond donors (Lipinski definition) is 2. The molecule has 18 heavy (non-hydrogen) atoms. The third-order valence-electron chi connectivity index (χ3n) is 3.21. The standard InChI is InChI=1S/C14H18N2OS/c1-3-10-8-11(10)16-14(17)13-7-9(2)12(18-13)5-4-6-15/h7,10-11H,3,6,8,15H2,1-2H3,(H,16,17). The third kappa shape index (κ3) is 2.92. The van der Waals surface area contributed by atoms with E-state index in [0.717, 1.165) is 28.2 Å². The normalized spacial score (nSPS) is 21.1. The number of hydrogen-bond acceptors (Lipinski definition) is 3. The summed E-state index contributed by atoms with van der Waals surface area (Å²) in [4.78, 5) is 13.7. The molecule has 1 aromatic heterocycles. The number of thiophene rings is 1. The molecule has 1 amide bonds. The van der Waals surface area contributed by atoms with Crippen LogP contribution in [0.3, 0.4) is 0 Å². The molecule has 0 radical (unpaired) electrons. The fraction of sp³-hybridized carbons (Fsp3) is 0.500. The van der Waals surface area contributed by atoms with Gasteiger partial charge < -0.3 is 11.1 Å². The molecular weight excluding hydrogens is 244 g/mol. The molecule has 3 nitrogen and oxygen atoms in total. The topological polar surface area (TPSA) is 55.1 Å². The summed E-state index contributed by atoms with van der Waals surface area (Å²) in [5, 5.41) is 3.07. The molecule has 1 heterocycles. The van der Waals surface area contributed by atoms with Crippen LogP contribution in [0, 0.1) is 24.7 Å². The second-order valence-electron chi connectivity index (χ2n) is 4.61. The summed E-state index contributed by atoms with van der Waals surface area (Å²) in [7, 11) is 0. The molecule has 1 aliphatic rings. The van der Waals surface area contributed by atoms with Crippen molar-refractivity contribution in [1.82, 2.24) is 5.32 Å². The first kappa shape index (κ1) is 13.1. The van der Waals surface area contributed by atoms with Crippen LogP contribution in [0.1, 0.15) is 39.9 Å². The minimum absolute atomic E-state index is 0.0323. The van der Waals surface area contributed by atoms with Gasteiger partial charge in [0, 0.05) is 6.04 Å². The molecule has 2 unspecified atom stereocenters. The summed E-state index contributed by atoms with van der Waals surface area (Å²) in [5.41, 5.74) is 6.40. The molecule has 2 rings (SSSR count). The highest BCUT2D eigenvalue weighted by Crippen LogP contribution is 2.33. The predicted octanol–water partition coefficient (Wildman–Crippen LogP) is 1.90. The Balaban J connectivity index is 2.02. The van der Waals surface area contributed by atoms with Gasteiger partial charge in [-0.15, -0.1) is 11.3 Å². The first-order valence-electron chi connectivity index (χ1n) is 6.26. The molecule has 1 aromatic rings. The van der Waals surface area contributed by atoms with Crippen LogP contribution < -0.4 is 11.1 Å². The fourth-order valence-corrected chi connectivity index (χ4v) is 2.91. The Kier molecular flexibility index (Phi) is 4.05. The Bertz CT molecular complexity index is 510. The summed E-state index contributed by atoms with van der Waals surface area (Å²) in [6, 6.07) is 2.28. The molecule has 2 atom stereocenters. The minimum atomic E-state index is 0.0323. The van der Waals surface area contributed by atoms with Crippen LogP contribution in [-0.2, 0) is 0 Å². The number of aryl methyl sites for hydroxylation is 1. The molecule has 0 bridgehead atoms. The molecule has 4 heteroatoms. The summed E-state index contributed by atoms with van der Waals surface area (Å²) in [6.07, 6.45) is 2.26. The van der Waals surface area contributed by atoms with Crippen molar-refractivity contribution >= 4 is 17.2 Å². The van der Waals surface area contributed by atoms with Crippen molar-refractivity contribution in [3.05, 3.63) is 21.4 Å². The third-order valence-corrected chi connectivity index (χ3v) is 4.36. The van der Waals surface area contributed by atoms with Gasteiger partial charge in [-0.2, -0.15) is 0 Å². The van der Waals surface area contributed by atoms with Crippen LogP contribution in [0.5, 0.6) is 0 Å². The lowest BCUT2D eigenvalue weighted by Gasteiger charge is -2.00. The molecule has 96 valence electrons. The van der Waals surface area contributed by atoms with Gasteiger partial charge in [0.15, 0.2) is 0 Å². The molecule has 3 N–H and O–H groups in total. The van der Waals surface area contributed by atoms with E-state index in [9.17, 15) is 4.79 Å². The molecule has 0 aliphatic heterocycles. The number of rotatable bonds is 3. The SMILES string of the molecule is CCC1CC1NC(=O)c1cc(C)c(C#CCN)s1. The quantitative estimate of drug-likeness (QED) is 0.817. The molecule has 0 aromatic carbocycles. The van der Waals surface area contributed by atoms with E-state index in [4.69, 9.17) is 5.73 Å². The predicted molar refractivity (Wildman–Crippen MR) is 74.6 cm³/mol.